The van der Waals surface area contributed by atoms with Crippen LogP contribution in [0.5, 0.6) is 0 Å². The standard InChI is InChI=1S/C11H12N4O/c1-7-3-4-9(8(2)5-7)14-11(16)10-12-6-13-15-10/h3-6H,1-2H3,(H,14,16)(H,12,13,15). The van der Waals surface area contributed by atoms with Crippen molar-refractivity contribution in [3.8, 4) is 0 Å². The average molecular weight is 216 g/mol. The number of benzene rings is 1. The summed E-state index contributed by atoms with van der Waals surface area (Å²) in [7, 11) is 0. The van der Waals surface area contributed by atoms with Crippen LogP contribution in [0, 0.1) is 13.8 Å². The number of anilines is 1. The van der Waals surface area contributed by atoms with Gasteiger partial charge in [-0.15, -0.1) is 0 Å². The van der Waals surface area contributed by atoms with E-state index in [0.717, 1.165) is 16.8 Å². The Labute approximate surface area is 92.9 Å². The third-order valence-corrected chi connectivity index (χ3v) is 2.26. The molecule has 1 heterocycles. The molecule has 2 rings (SSSR count). The summed E-state index contributed by atoms with van der Waals surface area (Å²) in [6.45, 7) is 3.96. The smallest absolute Gasteiger partial charge is 0.292 e. The number of nitrogens with zero attached hydrogens (tertiary/aromatic N) is 2. The van der Waals surface area contributed by atoms with Crippen LogP contribution in [-0.4, -0.2) is 21.1 Å². The molecule has 82 valence electrons. The summed E-state index contributed by atoms with van der Waals surface area (Å²) >= 11 is 0. The molecule has 0 atom stereocenters. The number of hydrogen-bond donors (Lipinski definition) is 2. The Morgan fingerprint density at radius 3 is 2.81 bits per heavy atom. The van der Waals surface area contributed by atoms with E-state index in [4.69, 9.17) is 0 Å². The first kappa shape index (κ1) is 10.4. The predicted octanol–water partition coefficient (Wildman–Crippen LogP) is 1.67. The van der Waals surface area contributed by atoms with Gasteiger partial charge in [0, 0.05) is 5.69 Å². The third-order valence-electron chi connectivity index (χ3n) is 2.26. The van der Waals surface area contributed by atoms with E-state index in [1.165, 1.54) is 6.33 Å². The Morgan fingerprint density at radius 1 is 1.38 bits per heavy atom. The molecule has 0 aliphatic rings. The maximum absolute atomic E-state index is 11.7. The highest BCUT2D eigenvalue weighted by molar-refractivity contribution is 6.01. The molecule has 0 saturated carbocycles. The Kier molecular flexibility index (Phi) is 2.68. The second kappa shape index (κ2) is 4.14. The molecule has 0 radical (unpaired) electrons. The van der Waals surface area contributed by atoms with Crippen LogP contribution in [-0.2, 0) is 0 Å². The van der Waals surface area contributed by atoms with Crippen LogP contribution < -0.4 is 5.32 Å². The first-order valence-corrected chi connectivity index (χ1v) is 4.91. The number of aromatic amines is 1. The summed E-state index contributed by atoms with van der Waals surface area (Å²) in [5.41, 5.74) is 2.97. The quantitative estimate of drug-likeness (QED) is 0.802. The zero-order valence-electron chi connectivity index (χ0n) is 9.11. The molecule has 5 heteroatoms. The molecule has 0 bridgehead atoms. The van der Waals surface area contributed by atoms with Gasteiger partial charge >= 0.3 is 0 Å². The Bertz CT molecular complexity index is 505. The van der Waals surface area contributed by atoms with Crippen LogP contribution in [0.3, 0.4) is 0 Å². The zero-order chi connectivity index (χ0) is 11.5. The van der Waals surface area contributed by atoms with Crippen LogP contribution in [0.4, 0.5) is 5.69 Å². The summed E-state index contributed by atoms with van der Waals surface area (Å²) in [4.78, 5) is 15.4. The van der Waals surface area contributed by atoms with Crippen molar-refractivity contribution in [1.29, 1.82) is 0 Å². The van der Waals surface area contributed by atoms with Gasteiger partial charge in [-0.1, -0.05) is 17.7 Å². The zero-order valence-corrected chi connectivity index (χ0v) is 9.11. The maximum Gasteiger partial charge on any atom is 0.292 e. The van der Waals surface area contributed by atoms with Gasteiger partial charge in [-0.25, -0.2) is 4.98 Å². The van der Waals surface area contributed by atoms with Gasteiger partial charge in [0.1, 0.15) is 6.33 Å². The fourth-order valence-electron chi connectivity index (χ4n) is 1.45. The number of aromatic nitrogens is 3. The fourth-order valence-corrected chi connectivity index (χ4v) is 1.45. The number of aryl methyl sites for hydroxylation is 2. The summed E-state index contributed by atoms with van der Waals surface area (Å²) in [5, 5.41) is 8.91. The second-order valence-electron chi connectivity index (χ2n) is 3.61. The lowest BCUT2D eigenvalue weighted by atomic mass is 10.1. The normalized spacial score (nSPS) is 10.1. The first-order chi connectivity index (χ1) is 7.66. The van der Waals surface area contributed by atoms with Gasteiger partial charge in [-0.2, -0.15) is 5.10 Å². The first-order valence-electron chi connectivity index (χ1n) is 4.91. The third kappa shape index (κ3) is 2.08. The summed E-state index contributed by atoms with van der Waals surface area (Å²) < 4.78 is 0. The van der Waals surface area contributed by atoms with Crippen LogP contribution >= 0.6 is 0 Å². The minimum atomic E-state index is -0.288. The molecule has 16 heavy (non-hydrogen) atoms. The highest BCUT2D eigenvalue weighted by Gasteiger charge is 2.09. The van der Waals surface area contributed by atoms with E-state index in [9.17, 15) is 4.79 Å². The van der Waals surface area contributed by atoms with E-state index < -0.39 is 0 Å². The fraction of sp³-hybridized carbons (Fsp3) is 0.182. The SMILES string of the molecule is Cc1ccc(NC(=O)c2ncn[nH]2)c(C)c1. The van der Waals surface area contributed by atoms with Crippen molar-refractivity contribution in [2.75, 3.05) is 5.32 Å². The Hall–Kier alpha value is -2.17. The number of nitrogens with one attached hydrogen (secondary N) is 2. The van der Waals surface area contributed by atoms with E-state index >= 15 is 0 Å². The number of carbonyl (C=O) groups is 1. The summed E-state index contributed by atoms with van der Waals surface area (Å²) in [6.07, 6.45) is 1.30. The van der Waals surface area contributed by atoms with Gasteiger partial charge in [0.25, 0.3) is 5.91 Å². The molecule has 0 aliphatic carbocycles. The maximum atomic E-state index is 11.7. The van der Waals surface area contributed by atoms with Gasteiger partial charge in [-0.3, -0.25) is 9.89 Å². The average Bonchev–Trinajstić information content (AvgIpc) is 2.75. The molecule has 0 spiro atoms. The van der Waals surface area contributed by atoms with E-state index in [1.807, 2.05) is 32.0 Å². The molecule has 0 saturated heterocycles. The number of amides is 1. The molecule has 2 N–H and O–H groups in total. The lowest BCUT2D eigenvalue weighted by molar-refractivity contribution is 0.101. The molecule has 1 amide bonds. The Morgan fingerprint density at radius 2 is 2.19 bits per heavy atom. The van der Waals surface area contributed by atoms with Gasteiger partial charge in [0.15, 0.2) is 0 Å². The number of H-pyrrole nitrogens is 1. The topological polar surface area (TPSA) is 70.7 Å². The van der Waals surface area contributed by atoms with Crippen molar-refractivity contribution in [3.05, 3.63) is 41.5 Å². The van der Waals surface area contributed by atoms with Gasteiger partial charge < -0.3 is 5.32 Å². The Balaban J connectivity index is 2.18. The van der Waals surface area contributed by atoms with Crippen molar-refractivity contribution in [3.63, 3.8) is 0 Å². The molecule has 2 aromatic rings. The molecule has 5 nitrogen and oxygen atoms in total. The number of carbonyl (C=O) groups excluding carboxylic acids is 1. The van der Waals surface area contributed by atoms with Crippen molar-refractivity contribution in [2.45, 2.75) is 13.8 Å². The van der Waals surface area contributed by atoms with Crippen LogP contribution in [0.1, 0.15) is 21.7 Å². The molecular formula is C11H12N4O. The van der Waals surface area contributed by atoms with Crippen LogP contribution in [0.15, 0.2) is 24.5 Å². The number of rotatable bonds is 2. The minimum absolute atomic E-state index is 0.208. The monoisotopic (exact) mass is 216 g/mol. The molecular weight excluding hydrogens is 204 g/mol. The van der Waals surface area contributed by atoms with E-state index in [1.54, 1.807) is 0 Å². The molecule has 1 aromatic heterocycles. The summed E-state index contributed by atoms with van der Waals surface area (Å²) in [5.74, 6) is -0.0792. The largest absolute Gasteiger partial charge is 0.319 e. The van der Waals surface area contributed by atoms with Crippen molar-refractivity contribution in [2.24, 2.45) is 0 Å². The van der Waals surface area contributed by atoms with Crippen molar-refractivity contribution >= 4 is 11.6 Å². The predicted molar refractivity (Wildman–Crippen MR) is 60.3 cm³/mol. The van der Waals surface area contributed by atoms with Crippen molar-refractivity contribution < 1.29 is 4.79 Å². The van der Waals surface area contributed by atoms with Gasteiger partial charge in [-0.05, 0) is 25.5 Å². The van der Waals surface area contributed by atoms with Crippen LogP contribution in [0.25, 0.3) is 0 Å². The molecule has 0 fully saturated rings. The molecule has 0 aliphatic heterocycles. The van der Waals surface area contributed by atoms with E-state index in [2.05, 4.69) is 20.5 Å². The van der Waals surface area contributed by atoms with E-state index in [0.29, 0.717) is 0 Å². The highest BCUT2D eigenvalue weighted by Crippen LogP contribution is 2.16. The molecule has 1 aromatic carbocycles. The van der Waals surface area contributed by atoms with Crippen LogP contribution in [0.2, 0.25) is 0 Å². The van der Waals surface area contributed by atoms with E-state index in [-0.39, 0.29) is 11.7 Å². The van der Waals surface area contributed by atoms with Gasteiger partial charge in [0.2, 0.25) is 5.82 Å². The van der Waals surface area contributed by atoms with Gasteiger partial charge in [0.05, 0.1) is 0 Å². The van der Waals surface area contributed by atoms with Crippen molar-refractivity contribution in [1.82, 2.24) is 15.2 Å². The molecule has 0 unspecified atom stereocenters. The number of hydrogen-bond acceptors (Lipinski definition) is 3. The lowest BCUT2D eigenvalue weighted by Crippen LogP contribution is -2.14. The minimum Gasteiger partial charge on any atom is -0.319 e. The second-order valence-corrected chi connectivity index (χ2v) is 3.61. The summed E-state index contributed by atoms with van der Waals surface area (Å²) in [6, 6.07) is 5.83. The lowest BCUT2D eigenvalue weighted by Gasteiger charge is -2.07. The highest BCUT2D eigenvalue weighted by atomic mass is 16.2.